The Bertz CT molecular complexity index is 791. The molecule has 144 valence electrons. The van der Waals surface area contributed by atoms with Gasteiger partial charge in [0, 0.05) is 44.5 Å². The van der Waals surface area contributed by atoms with Gasteiger partial charge in [0.15, 0.2) is 17.6 Å². The second-order valence-corrected chi connectivity index (χ2v) is 6.33. The Morgan fingerprint density at radius 2 is 1.93 bits per heavy atom. The lowest BCUT2D eigenvalue weighted by atomic mass is 10.1. The lowest BCUT2D eigenvalue weighted by molar-refractivity contribution is 0.552. The first-order valence-electron chi connectivity index (χ1n) is 8.84. The van der Waals surface area contributed by atoms with Crippen molar-refractivity contribution >= 4 is 11.8 Å². The highest BCUT2D eigenvalue weighted by Gasteiger charge is 2.25. The number of hydrogen-bond donors (Lipinski definition) is 2. The van der Waals surface area contributed by atoms with Crippen molar-refractivity contribution in [2.75, 3.05) is 31.6 Å². The number of aliphatic imine (C=N–C) groups is 1. The van der Waals surface area contributed by atoms with Gasteiger partial charge in [-0.25, -0.2) is 18.2 Å². The molecular weight excluding hydrogens is 355 g/mol. The number of rotatable bonds is 5. The van der Waals surface area contributed by atoms with E-state index >= 15 is 0 Å². The van der Waals surface area contributed by atoms with Gasteiger partial charge in [-0.1, -0.05) is 6.07 Å². The molecule has 1 saturated heterocycles. The van der Waals surface area contributed by atoms with Crippen LogP contribution in [0.25, 0.3) is 0 Å². The number of nitrogens with zero attached hydrogens (tertiary/aromatic N) is 3. The Balaban J connectivity index is 1.50. The Morgan fingerprint density at radius 3 is 2.63 bits per heavy atom. The molecule has 27 heavy (non-hydrogen) atoms. The highest BCUT2D eigenvalue weighted by atomic mass is 19.1. The molecule has 1 fully saturated rings. The van der Waals surface area contributed by atoms with E-state index in [4.69, 9.17) is 0 Å². The average Bonchev–Trinajstić information content (AvgIpc) is 3.12. The van der Waals surface area contributed by atoms with Crippen molar-refractivity contribution in [1.29, 1.82) is 0 Å². The highest BCUT2D eigenvalue weighted by molar-refractivity contribution is 5.80. The maximum Gasteiger partial charge on any atom is 0.191 e. The van der Waals surface area contributed by atoms with E-state index in [-0.39, 0.29) is 23.8 Å². The number of nitrogens with one attached hydrogen (secondary N) is 2. The summed E-state index contributed by atoms with van der Waals surface area (Å²) in [5.74, 6) is -0.556. The first-order chi connectivity index (χ1) is 13.1. The van der Waals surface area contributed by atoms with Crippen LogP contribution in [0.2, 0.25) is 0 Å². The summed E-state index contributed by atoms with van der Waals surface area (Å²) < 4.78 is 41.2. The SMILES string of the molecule is CN=C(NCCc1c(F)cccc1F)NC1CCN(c2ncccc2F)C1. The van der Waals surface area contributed by atoms with Crippen LogP contribution in [0.5, 0.6) is 0 Å². The smallest absolute Gasteiger partial charge is 0.191 e. The zero-order chi connectivity index (χ0) is 19.2. The summed E-state index contributed by atoms with van der Waals surface area (Å²) in [6.45, 7) is 1.61. The van der Waals surface area contributed by atoms with Crippen LogP contribution in [0.1, 0.15) is 12.0 Å². The summed E-state index contributed by atoms with van der Waals surface area (Å²) in [4.78, 5) is 10.1. The number of hydrogen-bond acceptors (Lipinski definition) is 3. The Morgan fingerprint density at radius 1 is 1.19 bits per heavy atom. The summed E-state index contributed by atoms with van der Waals surface area (Å²) in [6, 6.07) is 6.87. The summed E-state index contributed by atoms with van der Waals surface area (Å²) in [7, 11) is 1.63. The van der Waals surface area contributed by atoms with Crippen molar-refractivity contribution in [2.24, 2.45) is 4.99 Å². The molecule has 1 atom stereocenters. The molecule has 1 unspecified atom stereocenters. The largest absolute Gasteiger partial charge is 0.356 e. The van der Waals surface area contributed by atoms with Crippen molar-refractivity contribution in [3.63, 3.8) is 0 Å². The number of benzene rings is 1. The number of pyridine rings is 1. The van der Waals surface area contributed by atoms with E-state index in [0.717, 1.165) is 6.42 Å². The third-order valence-corrected chi connectivity index (χ3v) is 4.52. The van der Waals surface area contributed by atoms with Gasteiger partial charge in [-0.05, 0) is 37.1 Å². The Kier molecular flexibility index (Phi) is 6.16. The Labute approximate surface area is 156 Å². The molecule has 1 aliphatic heterocycles. The predicted molar refractivity (Wildman–Crippen MR) is 99.4 cm³/mol. The zero-order valence-corrected chi connectivity index (χ0v) is 15.1. The van der Waals surface area contributed by atoms with Crippen LogP contribution in [0.3, 0.4) is 0 Å². The summed E-state index contributed by atoms with van der Waals surface area (Å²) in [5.41, 5.74) is 0.0538. The lowest BCUT2D eigenvalue weighted by Crippen LogP contribution is -2.45. The Hall–Kier alpha value is -2.77. The van der Waals surface area contributed by atoms with Crippen LogP contribution in [-0.2, 0) is 6.42 Å². The van der Waals surface area contributed by atoms with Gasteiger partial charge < -0.3 is 15.5 Å². The van der Waals surface area contributed by atoms with Gasteiger partial charge in [0.05, 0.1) is 0 Å². The van der Waals surface area contributed by atoms with Gasteiger partial charge >= 0.3 is 0 Å². The molecule has 0 spiro atoms. The fourth-order valence-corrected chi connectivity index (χ4v) is 3.15. The normalized spacial score (nSPS) is 17.3. The van der Waals surface area contributed by atoms with Gasteiger partial charge in [-0.3, -0.25) is 4.99 Å². The maximum atomic E-state index is 13.9. The first-order valence-corrected chi connectivity index (χ1v) is 8.84. The fourth-order valence-electron chi connectivity index (χ4n) is 3.15. The van der Waals surface area contributed by atoms with Crippen LogP contribution in [-0.4, -0.2) is 43.7 Å². The number of aromatic nitrogens is 1. The van der Waals surface area contributed by atoms with Crippen molar-refractivity contribution in [3.05, 3.63) is 59.5 Å². The van der Waals surface area contributed by atoms with Gasteiger partial charge in [-0.2, -0.15) is 0 Å². The number of anilines is 1. The molecule has 0 saturated carbocycles. The van der Waals surface area contributed by atoms with E-state index in [1.807, 2.05) is 4.90 Å². The molecule has 2 N–H and O–H groups in total. The van der Waals surface area contributed by atoms with Crippen LogP contribution >= 0.6 is 0 Å². The second-order valence-electron chi connectivity index (χ2n) is 6.33. The molecule has 1 aliphatic rings. The summed E-state index contributed by atoms with van der Waals surface area (Å²) in [6.07, 6.45) is 2.58. The van der Waals surface area contributed by atoms with E-state index in [9.17, 15) is 13.2 Å². The molecule has 2 aromatic rings. The van der Waals surface area contributed by atoms with Gasteiger partial charge in [-0.15, -0.1) is 0 Å². The van der Waals surface area contributed by atoms with Crippen molar-refractivity contribution in [2.45, 2.75) is 18.9 Å². The van der Waals surface area contributed by atoms with E-state index < -0.39 is 11.6 Å². The monoisotopic (exact) mass is 377 g/mol. The van der Waals surface area contributed by atoms with Crippen LogP contribution < -0.4 is 15.5 Å². The molecule has 2 heterocycles. The van der Waals surface area contributed by atoms with E-state index in [1.54, 1.807) is 19.3 Å². The van der Waals surface area contributed by atoms with E-state index in [1.165, 1.54) is 24.3 Å². The standard InChI is InChI=1S/C19H22F3N5/c1-23-19(25-10-7-14-15(20)4-2-5-16(14)21)26-13-8-11-27(12-13)18-17(22)6-3-9-24-18/h2-6,9,13H,7-8,10-12H2,1H3,(H2,23,25,26). The van der Waals surface area contributed by atoms with Gasteiger partial charge in [0.2, 0.25) is 0 Å². The minimum atomic E-state index is -0.552. The number of guanidine groups is 1. The average molecular weight is 377 g/mol. The van der Waals surface area contributed by atoms with E-state index in [0.29, 0.717) is 31.4 Å². The maximum absolute atomic E-state index is 13.9. The molecule has 3 rings (SSSR count). The minimum absolute atomic E-state index is 0.0538. The van der Waals surface area contributed by atoms with Crippen molar-refractivity contribution < 1.29 is 13.2 Å². The molecule has 1 aromatic heterocycles. The molecule has 0 bridgehead atoms. The van der Waals surface area contributed by atoms with Crippen molar-refractivity contribution in [1.82, 2.24) is 15.6 Å². The molecule has 0 aliphatic carbocycles. The second kappa shape index (κ2) is 8.75. The number of halogens is 3. The van der Waals surface area contributed by atoms with Gasteiger partial charge in [0.1, 0.15) is 11.6 Å². The molecule has 5 nitrogen and oxygen atoms in total. The first kappa shape index (κ1) is 19.0. The quantitative estimate of drug-likeness (QED) is 0.621. The molecular formula is C19H22F3N5. The predicted octanol–water partition coefficient (Wildman–Crippen LogP) is 2.49. The fraction of sp³-hybridized carbons (Fsp3) is 0.368. The third kappa shape index (κ3) is 4.69. The third-order valence-electron chi connectivity index (χ3n) is 4.52. The van der Waals surface area contributed by atoms with Gasteiger partial charge in [0.25, 0.3) is 0 Å². The zero-order valence-electron chi connectivity index (χ0n) is 15.1. The molecule has 8 heteroatoms. The molecule has 0 amide bonds. The van der Waals surface area contributed by atoms with Crippen LogP contribution in [0.15, 0.2) is 41.5 Å². The minimum Gasteiger partial charge on any atom is -0.356 e. The summed E-state index contributed by atoms with van der Waals surface area (Å²) in [5, 5.41) is 6.32. The highest BCUT2D eigenvalue weighted by Crippen LogP contribution is 2.20. The molecule has 0 radical (unpaired) electrons. The molecule has 1 aromatic carbocycles. The van der Waals surface area contributed by atoms with Crippen molar-refractivity contribution in [3.8, 4) is 0 Å². The topological polar surface area (TPSA) is 52.6 Å². The summed E-state index contributed by atoms with van der Waals surface area (Å²) >= 11 is 0. The lowest BCUT2D eigenvalue weighted by Gasteiger charge is -2.20. The van der Waals surface area contributed by atoms with Crippen LogP contribution in [0, 0.1) is 17.5 Å². The van der Waals surface area contributed by atoms with E-state index in [2.05, 4.69) is 20.6 Å². The van der Waals surface area contributed by atoms with Crippen LogP contribution in [0.4, 0.5) is 19.0 Å².